The van der Waals surface area contributed by atoms with Crippen LogP contribution in [-0.2, 0) is 16.0 Å². The molecule has 0 radical (unpaired) electrons. The van der Waals surface area contributed by atoms with E-state index in [4.69, 9.17) is 9.47 Å². The topological polar surface area (TPSA) is 77.5 Å². The predicted octanol–water partition coefficient (Wildman–Crippen LogP) is 2.28. The van der Waals surface area contributed by atoms with Crippen molar-refractivity contribution in [3.63, 3.8) is 0 Å². The molecule has 0 atom stereocenters. The number of carbonyl (C=O) groups excluding carboxylic acids is 2. The summed E-state index contributed by atoms with van der Waals surface area (Å²) in [5.41, 5.74) is 0.213. The Morgan fingerprint density at radius 1 is 1.35 bits per heavy atom. The molecule has 0 aliphatic carbocycles. The highest BCUT2D eigenvalue weighted by molar-refractivity contribution is 5.88. The van der Waals surface area contributed by atoms with Crippen LogP contribution >= 0.6 is 0 Å². The molecule has 1 amide bonds. The van der Waals surface area contributed by atoms with Crippen molar-refractivity contribution < 1.29 is 19.1 Å². The van der Waals surface area contributed by atoms with Gasteiger partial charge in [-0.25, -0.2) is 14.6 Å². The molecule has 6 nitrogen and oxygen atoms in total. The predicted molar refractivity (Wildman–Crippen MR) is 73.3 cm³/mol. The van der Waals surface area contributed by atoms with Crippen molar-refractivity contribution >= 4 is 12.1 Å². The number of carbonyl (C=O) groups is 2. The van der Waals surface area contributed by atoms with Gasteiger partial charge in [-0.1, -0.05) is 6.07 Å². The van der Waals surface area contributed by atoms with Gasteiger partial charge in [-0.05, 0) is 33.8 Å². The van der Waals surface area contributed by atoms with Crippen LogP contribution in [0.3, 0.4) is 0 Å². The van der Waals surface area contributed by atoms with Crippen LogP contribution in [0.1, 0.15) is 43.7 Å². The van der Waals surface area contributed by atoms with E-state index in [-0.39, 0.29) is 18.8 Å². The Morgan fingerprint density at radius 3 is 2.65 bits per heavy atom. The van der Waals surface area contributed by atoms with Crippen molar-refractivity contribution in [2.24, 2.45) is 0 Å². The number of nitrogens with one attached hydrogen (secondary N) is 1. The number of nitrogens with zero attached hydrogens (tertiary/aromatic N) is 1. The van der Waals surface area contributed by atoms with Gasteiger partial charge in [0, 0.05) is 18.3 Å². The van der Waals surface area contributed by atoms with E-state index in [2.05, 4.69) is 10.3 Å². The van der Waals surface area contributed by atoms with Gasteiger partial charge in [0.25, 0.3) is 0 Å². The number of pyridine rings is 1. The fraction of sp³-hybridized carbons (Fsp3) is 0.500. The molecule has 0 aromatic carbocycles. The van der Waals surface area contributed by atoms with E-state index < -0.39 is 17.7 Å². The van der Waals surface area contributed by atoms with Crippen LogP contribution in [0.25, 0.3) is 0 Å². The minimum atomic E-state index is -0.566. The molecule has 1 heterocycles. The van der Waals surface area contributed by atoms with Crippen LogP contribution in [0.2, 0.25) is 0 Å². The van der Waals surface area contributed by atoms with Crippen LogP contribution in [0.15, 0.2) is 18.3 Å². The average Bonchev–Trinajstić information content (AvgIpc) is 2.35. The normalized spacial score (nSPS) is 10.8. The van der Waals surface area contributed by atoms with E-state index in [0.717, 1.165) is 0 Å². The van der Waals surface area contributed by atoms with Crippen molar-refractivity contribution in [1.29, 1.82) is 0 Å². The maximum Gasteiger partial charge on any atom is 0.407 e. The summed E-state index contributed by atoms with van der Waals surface area (Å²) in [5, 5.41) is 2.58. The fourth-order valence-corrected chi connectivity index (χ4v) is 1.45. The number of alkyl carbamates (subject to hydrolysis) is 1. The first kappa shape index (κ1) is 15.9. The van der Waals surface area contributed by atoms with Crippen molar-refractivity contribution in [2.45, 2.75) is 39.8 Å². The lowest BCUT2D eigenvalue weighted by molar-refractivity contribution is 0.0498. The molecule has 0 aliphatic heterocycles. The van der Waals surface area contributed by atoms with Crippen molar-refractivity contribution in [3.8, 4) is 0 Å². The van der Waals surface area contributed by atoms with Gasteiger partial charge in [-0.3, -0.25) is 0 Å². The van der Waals surface area contributed by atoms with E-state index >= 15 is 0 Å². The Labute approximate surface area is 118 Å². The Hall–Kier alpha value is -2.11. The monoisotopic (exact) mass is 280 g/mol. The first-order chi connectivity index (χ1) is 9.33. The Kier molecular flexibility index (Phi) is 5.49. The van der Waals surface area contributed by atoms with Gasteiger partial charge in [-0.15, -0.1) is 0 Å². The first-order valence-corrected chi connectivity index (χ1v) is 6.41. The second-order valence-electron chi connectivity index (χ2n) is 5.09. The molecule has 110 valence electrons. The molecule has 0 fully saturated rings. The molecule has 1 N–H and O–H groups in total. The molecule has 0 saturated heterocycles. The summed E-state index contributed by atoms with van der Waals surface area (Å²) in [6, 6.07) is 3.39. The summed E-state index contributed by atoms with van der Waals surface area (Å²) >= 11 is 0. The van der Waals surface area contributed by atoms with Gasteiger partial charge < -0.3 is 14.8 Å². The number of hydrogen-bond donors (Lipinski definition) is 1. The molecule has 0 spiro atoms. The van der Waals surface area contributed by atoms with E-state index in [1.54, 1.807) is 39.8 Å². The summed E-state index contributed by atoms with van der Waals surface area (Å²) in [6.45, 7) is 7.48. The SMILES string of the molecule is CCOC(=O)c1ncccc1CNC(=O)OC(C)(C)C. The molecular weight excluding hydrogens is 260 g/mol. The average molecular weight is 280 g/mol. The minimum Gasteiger partial charge on any atom is -0.461 e. The van der Waals surface area contributed by atoms with Crippen LogP contribution < -0.4 is 5.32 Å². The van der Waals surface area contributed by atoms with Gasteiger partial charge >= 0.3 is 12.1 Å². The van der Waals surface area contributed by atoms with Gasteiger partial charge in [0.2, 0.25) is 0 Å². The maximum absolute atomic E-state index is 11.7. The zero-order chi connectivity index (χ0) is 15.2. The van der Waals surface area contributed by atoms with Crippen LogP contribution in [-0.4, -0.2) is 29.3 Å². The van der Waals surface area contributed by atoms with Crippen molar-refractivity contribution in [3.05, 3.63) is 29.6 Å². The molecular formula is C14H20N2O4. The largest absolute Gasteiger partial charge is 0.461 e. The van der Waals surface area contributed by atoms with E-state index in [1.165, 1.54) is 6.20 Å². The second kappa shape index (κ2) is 6.88. The molecule has 20 heavy (non-hydrogen) atoms. The van der Waals surface area contributed by atoms with Gasteiger partial charge in [0.15, 0.2) is 5.69 Å². The van der Waals surface area contributed by atoms with Crippen LogP contribution in [0.4, 0.5) is 4.79 Å². The van der Waals surface area contributed by atoms with E-state index in [9.17, 15) is 9.59 Å². The number of aromatic nitrogens is 1. The summed E-state index contributed by atoms with van der Waals surface area (Å²) in [7, 11) is 0. The van der Waals surface area contributed by atoms with Crippen molar-refractivity contribution in [1.82, 2.24) is 10.3 Å². The number of hydrogen-bond acceptors (Lipinski definition) is 5. The first-order valence-electron chi connectivity index (χ1n) is 6.41. The molecule has 1 aromatic heterocycles. The molecule has 0 bridgehead atoms. The molecule has 1 aromatic rings. The van der Waals surface area contributed by atoms with Crippen molar-refractivity contribution in [2.75, 3.05) is 6.61 Å². The molecule has 1 rings (SSSR count). The smallest absolute Gasteiger partial charge is 0.407 e. The van der Waals surface area contributed by atoms with E-state index in [0.29, 0.717) is 5.56 Å². The molecule has 6 heteroatoms. The Morgan fingerprint density at radius 2 is 2.05 bits per heavy atom. The lowest BCUT2D eigenvalue weighted by atomic mass is 10.2. The zero-order valence-electron chi connectivity index (χ0n) is 12.2. The maximum atomic E-state index is 11.7. The highest BCUT2D eigenvalue weighted by atomic mass is 16.6. The van der Waals surface area contributed by atoms with Crippen LogP contribution in [0, 0.1) is 0 Å². The summed E-state index contributed by atoms with van der Waals surface area (Å²) in [5.74, 6) is -0.505. The van der Waals surface area contributed by atoms with Gasteiger partial charge in [0.05, 0.1) is 6.61 Å². The fourth-order valence-electron chi connectivity index (χ4n) is 1.45. The van der Waals surface area contributed by atoms with Gasteiger partial charge in [0.1, 0.15) is 5.60 Å². The third-order valence-electron chi connectivity index (χ3n) is 2.18. The number of ether oxygens (including phenoxy) is 2. The third-order valence-corrected chi connectivity index (χ3v) is 2.18. The molecule has 0 aliphatic rings. The second-order valence-corrected chi connectivity index (χ2v) is 5.09. The quantitative estimate of drug-likeness (QED) is 0.856. The zero-order valence-corrected chi connectivity index (χ0v) is 12.2. The van der Waals surface area contributed by atoms with Crippen LogP contribution in [0.5, 0.6) is 0 Å². The Bertz CT molecular complexity index is 480. The van der Waals surface area contributed by atoms with E-state index in [1.807, 2.05) is 0 Å². The van der Waals surface area contributed by atoms with Gasteiger partial charge in [-0.2, -0.15) is 0 Å². The summed E-state index contributed by atoms with van der Waals surface area (Å²) in [4.78, 5) is 27.3. The number of amides is 1. The summed E-state index contributed by atoms with van der Waals surface area (Å²) < 4.78 is 10.0. The highest BCUT2D eigenvalue weighted by Gasteiger charge is 2.18. The minimum absolute atomic E-state index is 0.150. The third kappa shape index (κ3) is 5.26. The molecule has 0 saturated carbocycles. The highest BCUT2D eigenvalue weighted by Crippen LogP contribution is 2.09. The number of esters is 1. The lowest BCUT2D eigenvalue weighted by Crippen LogP contribution is -2.32. The Balaban J connectivity index is 2.69. The molecule has 0 unspecified atom stereocenters. The number of rotatable bonds is 4. The lowest BCUT2D eigenvalue weighted by Gasteiger charge is -2.19. The standard InChI is InChI=1S/C14H20N2O4/c1-5-19-12(17)11-10(7-6-8-15-11)9-16-13(18)20-14(2,3)4/h6-8H,5,9H2,1-4H3,(H,16,18). The summed E-state index contributed by atoms with van der Waals surface area (Å²) in [6.07, 6.45) is 0.958.